The van der Waals surface area contributed by atoms with Crippen LogP contribution in [0.15, 0.2) is 16.7 Å². The molecule has 0 unspecified atom stereocenters. The summed E-state index contributed by atoms with van der Waals surface area (Å²) in [5.41, 5.74) is 1.83. The molecule has 2 rings (SSSR count). The minimum Gasteiger partial charge on any atom is -0.381 e. The fourth-order valence-corrected chi connectivity index (χ4v) is 2.79. The zero-order chi connectivity index (χ0) is 14.8. The second-order valence-electron chi connectivity index (χ2n) is 5.08. The molecule has 7 heteroatoms. The summed E-state index contributed by atoms with van der Waals surface area (Å²) in [6.45, 7) is 2.05. The van der Waals surface area contributed by atoms with Gasteiger partial charge in [-0.2, -0.15) is 13.2 Å². The lowest BCUT2D eigenvalue weighted by Gasteiger charge is -2.33. The van der Waals surface area contributed by atoms with E-state index in [-0.39, 0.29) is 6.04 Å². The van der Waals surface area contributed by atoms with Crippen molar-refractivity contribution in [1.29, 1.82) is 0 Å². The third kappa shape index (κ3) is 4.63. The van der Waals surface area contributed by atoms with Crippen molar-refractivity contribution >= 4 is 21.6 Å². The molecule has 1 aromatic heterocycles. The molecule has 112 valence electrons. The number of aryl methyl sites for hydroxylation is 1. The number of halogens is 4. The summed E-state index contributed by atoms with van der Waals surface area (Å²) in [6, 6.07) is 4.00. The number of piperidine rings is 1. The Balaban J connectivity index is 1.85. The number of nitrogens with one attached hydrogen (secondary N) is 1. The van der Waals surface area contributed by atoms with Crippen molar-refractivity contribution in [3.05, 3.63) is 22.4 Å². The number of rotatable bonds is 3. The predicted octanol–water partition coefficient (Wildman–Crippen LogP) is 3.59. The van der Waals surface area contributed by atoms with E-state index in [0.717, 1.165) is 16.0 Å². The molecule has 20 heavy (non-hydrogen) atoms. The summed E-state index contributed by atoms with van der Waals surface area (Å²) in [6.07, 6.45) is -2.68. The third-order valence-electron chi connectivity index (χ3n) is 3.40. The number of anilines is 1. The van der Waals surface area contributed by atoms with Gasteiger partial charge in [0.15, 0.2) is 0 Å². The summed E-state index contributed by atoms with van der Waals surface area (Å²) in [5, 5.41) is 3.37. The van der Waals surface area contributed by atoms with Crippen LogP contribution < -0.4 is 5.32 Å². The average molecular weight is 352 g/mol. The molecule has 0 aromatic carbocycles. The monoisotopic (exact) mass is 351 g/mol. The van der Waals surface area contributed by atoms with Crippen molar-refractivity contribution in [3.8, 4) is 0 Å². The van der Waals surface area contributed by atoms with Crippen molar-refractivity contribution in [3.63, 3.8) is 0 Å². The second-order valence-corrected chi connectivity index (χ2v) is 5.89. The van der Waals surface area contributed by atoms with Gasteiger partial charge in [0.1, 0.15) is 4.60 Å². The Morgan fingerprint density at radius 1 is 1.35 bits per heavy atom. The molecule has 0 bridgehead atoms. The van der Waals surface area contributed by atoms with E-state index in [9.17, 15) is 13.2 Å². The molecule has 0 amide bonds. The first-order valence-electron chi connectivity index (χ1n) is 6.52. The number of alkyl halides is 3. The molecule has 1 aromatic rings. The molecule has 1 fully saturated rings. The lowest BCUT2D eigenvalue weighted by atomic mass is 10.0. The van der Waals surface area contributed by atoms with Crippen LogP contribution in [0, 0.1) is 6.92 Å². The Morgan fingerprint density at radius 2 is 2.00 bits per heavy atom. The maximum absolute atomic E-state index is 12.3. The Hall–Kier alpha value is -0.820. The van der Waals surface area contributed by atoms with Crippen molar-refractivity contribution in [2.75, 3.05) is 25.0 Å². The molecule has 1 aliphatic heterocycles. The fraction of sp³-hybridized carbons (Fsp3) is 0.615. The number of pyridine rings is 1. The SMILES string of the molecule is Cc1nc(Br)ccc1NC1CCN(CC(F)(F)F)CC1. The second kappa shape index (κ2) is 6.30. The van der Waals surface area contributed by atoms with E-state index in [1.54, 1.807) is 0 Å². The molecular formula is C13H17BrF3N3. The third-order valence-corrected chi connectivity index (χ3v) is 3.84. The number of aromatic nitrogens is 1. The molecule has 0 spiro atoms. The van der Waals surface area contributed by atoms with E-state index >= 15 is 0 Å². The average Bonchev–Trinajstić information content (AvgIpc) is 2.33. The largest absolute Gasteiger partial charge is 0.401 e. The van der Waals surface area contributed by atoms with Crippen LogP contribution in [0.2, 0.25) is 0 Å². The number of hydrogen-bond acceptors (Lipinski definition) is 3. The summed E-state index contributed by atoms with van der Waals surface area (Å²) < 4.78 is 37.7. The Kier molecular flexibility index (Phi) is 4.90. The van der Waals surface area contributed by atoms with Crippen LogP contribution in [0.1, 0.15) is 18.5 Å². The molecule has 0 atom stereocenters. The van der Waals surface area contributed by atoms with Crippen LogP contribution in [0.25, 0.3) is 0 Å². The van der Waals surface area contributed by atoms with Gasteiger partial charge in [-0.3, -0.25) is 4.90 Å². The summed E-state index contributed by atoms with van der Waals surface area (Å²) in [7, 11) is 0. The van der Waals surface area contributed by atoms with Gasteiger partial charge in [0.05, 0.1) is 17.9 Å². The Labute approximate surface area is 124 Å². The van der Waals surface area contributed by atoms with Gasteiger partial charge in [-0.1, -0.05) is 0 Å². The Morgan fingerprint density at radius 3 is 2.55 bits per heavy atom. The predicted molar refractivity (Wildman–Crippen MR) is 75.8 cm³/mol. The molecule has 3 nitrogen and oxygen atoms in total. The van der Waals surface area contributed by atoms with Gasteiger partial charge >= 0.3 is 6.18 Å². The molecule has 1 saturated heterocycles. The summed E-state index contributed by atoms with van der Waals surface area (Å²) >= 11 is 3.31. The zero-order valence-corrected chi connectivity index (χ0v) is 12.8. The van der Waals surface area contributed by atoms with Gasteiger partial charge in [0.2, 0.25) is 0 Å². The smallest absolute Gasteiger partial charge is 0.381 e. The highest BCUT2D eigenvalue weighted by Crippen LogP contribution is 2.23. The van der Waals surface area contributed by atoms with Crippen LogP contribution in [-0.4, -0.2) is 41.7 Å². The van der Waals surface area contributed by atoms with Crippen molar-refractivity contribution in [2.24, 2.45) is 0 Å². The summed E-state index contributed by atoms with van der Waals surface area (Å²) in [5.74, 6) is 0. The lowest BCUT2D eigenvalue weighted by molar-refractivity contribution is -0.147. The molecule has 1 N–H and O–H groups in total. The summed E-state index contributed by atoms with van der Waals surface area (Å²) in [4.78, 5) is 5.76. The van der Waals surface area contributed by atoms with Gasteiger partial charge in [0.25, 0.3) is 0 Å². The van der Waals surface area contributed by atoms with Gasteiger partial charge in [-0.05, 0) is 47.8 Å². The van der Waals surface area contributed by atoms with Crippen LogP contribution in [0.3, 0.4) is 0 Å². The number of likely N-dealkylation sites (tertiary alicyclic amines) is 1. The van der Waals surface area contributed by atoms with Crippen LogP contribution >= 0.6 is 15.9 Å². The molecule has 2 heterocycles. The van der Waals surface area contributed by atoms with Crippen LogP contribution in [0.4, 0.5) is 18.9 Å². The molecule has 0 aliphatic carbocycles. The van der Waals surface area contributed by atoms with Crippen molar-refractivity contribution in [2.45, 2.75) is 32.0 Å². The van der Waals surface area contributed by atoms with E-state index in [1.807, 2.05) is 19.1 Å². The first kappa shape index (κ1) is 15.6. The van der Waals surface area contributed by atoms with Gasteiger partial charge in [-0.15, -0.1) is 0 Å². The fourth-order valence-electron chi connectivity index (χ4n) is 2.39. The molecular weight excluding hydrogens is 335 g/mol. The van der Waals surface area contributed by atoms with E-state index in [0.29, 0.717) is 25.9 Å². The highest BCUT2D eigenvalue weighted by Gasteiger charge is 2.32. The first-order valence-corrected chi connectivity index (χ1v) is 7.31. The van der Waals surface area contributed by atoms with Gasteiger partial charge in [-0.25, -0.2) is 4.98 Å². The van der Waals surface area contributed by atoms with Gasteiger partial charge < -0.3 is 5.32 Å². The van der Waals surface area contributed by atoms with E-state index in [1.165, 1.54) is 4.90 Å². The molecule has 0 saturated carbocycles. The van der Waals surface area contributed by atoms with E-state index in [4.69, 9.17) is 0 Å². The molecule has 1 aliphatic rings. The molecule has 0 radical (unpaired) electrons. The van der Waals surface area contributed by atoms with Crippen LogP contribution in [-0.2, 0) is 0 Å². The maximum Gasteiger partial charge on any atom is 0.401 e. The van der Waals surface area contributed by atoms with Gasteiger partial charge in [0, 0.05) is 19.1 Å². The highest BCUT2D eigenvalue weighted by atomic mass is 79.9. The van der Waals surface area contributed by atoms with E-state index in [2.05, 4.69) is 26.2 Å². The highest BCUT2D eigenvalue weighted by molar-refractivity contribution is 9.10. The van der Waals surface area contributed by atoms with Crippen molar-refractivity contribution < 1.29 is 13.2 Å². The Bertz CT molecular complexity index is 457. The standard InChI is InChI=1S/C13H17BrF3N3/c1-9-11(2-3-12(14)18-9)19-10-4-6-20(7-5-10)8-13(15,16)17/h2-3,10,19H,4-8H2,1H3. The zero-order valence-electron chi connectivity index (χ0n) is 11.2. The number of nitrogens with zero attached hydrogens (tertiary/aromatic N) is 2. The minimum atomic E-state index is -4.10. The normalized spacial score (nSPS) is 18.2. The first-order chi connectivity index (χ1) is 9.33. The van der Waals surface area contributed by atoms with E-state index < -0.39 is 12.7 Å². The lowest BCUT2D eigenvalue weighted by Crippen LogP contribution is -2.43. The topological polar surface area (TPSA) is 28.2 Å². The van der Waals surface area contributed by atoms with Crippen molar-refractivity contribution in [1.82, 2.24) is 9.88 Å². The maximum atomic E-state index is 12.3. The minimum absolute atomic E-state index is 0.209. The number of hydrogen-bond donors (Lipinski definition) is 1. The quantitative estimate of drug-likeness (QED) is 0.843. The van der Waals surface area contributed by atoms with Crippen LogP contribution in [0.5, 0.6) is 0 Å².